The van der Waals surface area contributed by atoms with Crippen LogP contribution in [0.25, 0.3) is 0 Å². The maximum Gasteiger partial charge on any atom is 0.497 e. The number of hydrogen-bond donors (Lipinski definition) is 0. The molecule has 5 nitrogen and oxygen atoms in total. The minimum Gasteiger partial charge on any atom is -0.399 e. The lowest BCUT2D eigenvalue weighted by molar-refractivity contribution is 0.00578. The number of amides is 1. The minimum atomic E-state index is -0.815. The number of piperazine rings is 1. The molecular weight excluding hydrogens is 334 g/mol. The maximum absolute atomic E-state index is 14.4. The quantitative estimate of drug-likeness (QED) is 0.771. The summed E-state index contributed by atoms with van der Waals surface area (Å²) in [5, 5.41) is 0. The van der Waals surface area contributed by atoms with Gasteiger partial charge in [-0.05, 0) is 52.4 Å². The summed E-state index contributed by atoms with van der Waals surface area (Å²) in [4.78, 5) is 17.0. The van der Waals surface area contributed by atoms with Crippen molar-refractivity contribution in [1.29, 1.82) is 0 Å². The molecule has 142 valence electrons. The summed E-state index contributed by atoms with van der Waals surface area (Å²) in [5.41, 5.74) is -0.357. The van der Waals surface area contributed by atoms with E-state index in [2.05, 4.69) is 11.8 Å². The summed E-state index contributed by atoms with van der Waals surface area (Å²) >= 11 is 0. The van der Waals surface area contributed by atoms with Crippen LogP contribution in [0.2, 0.25) is 0 Å². The van der Waals surface area contributed by atoms with E-state index < -0.39 is 24.1 Å². The van der Waals surface area contributed by atoms with Crippen molar-refractivity contribution in [2.24, 2.45) is 0 Å². The number of nitrogens with zero attached hydrogens (tertiary/aromatic N) is 2. The van der Waals surface area contributed by atoms with E-state index in [9.17, 15) is 9.18 Å². The van der Waals surface area contributed by atoms with Crippen molar-refractivity contribution in [3.8, 4) is 0 Å². The van der Waals surface area contributed by atoms with Gasteiger partial charge in [0.05, 0.1) is 11.2 Å². The monoisotopic (exact) mass is 362 g/mol. The standard InChI is InChI=1S/C19H28BFN2O3/c1-6-22-9-11-23(12-10-22)17(24)14-7-8-16(21)15(13-14)20-25-18(2,3)19(4,5)26-20/h7-8,13H,6,9-12H2,1-5H3. The molecule has 0 saturated carbocycles. The number of carbonyl (C=O) groups excluding carboxylic acids is 1. The molecule has 2 aliphatic heterocycles. The van der Waals surface area contributed by atoms with Crippen LogP contribution in [0.1, 0.15) is 45.0 Å². The van der Waals surface area contributed by atoms with Crippen molar-refractivity contribution in [2.75, 3.05) is 32.7 Å². The number of benzene rings is 1. The Hall–Kier alpha value is -1.44. The van der Waals surface area contributed by atoms with Crippen LogP contribution >= 0.6 is 0 Å². The molecule has 0 aliphatic carbocycles. The third kappa shape index (κ3) is 3.52. The van der Waals surface area contributed by atoms with Crippen LogP contribution in [0.4, 0.5) is 4.39 Å². The second-order valence-corrected chi connectivity index (χ2v) is 8.05. The van der Waals surface area contributed by atoms with Gasteiger partial charge in [0, 0.05) is 37.2 Å². The van der Waals surface area contributed by atoms with Gasteiger partial charge in [0.2, 0.25) is 0 Å². The molecule has 0 bridgehead atoms. The fraction of sp³-hybridized carbons (Fsp3) is 0.632. The first-order valence-electron chi connectivity index (χ1n) is 9.31. The van der Waals surface area contributed by atoms with Crippen LogP contribution in [-0.2, 0) is 9.31 Å². The van der Waals surface area contributed by atoms with Gasteiger partial charge in [-0.1, -0.05) is 6.92 Å². The summed E-state index contributed by atoms with van der Waals surface area (Å²) in [6.07, 6.45) is 0. The molecule has 0 unspecified atom stereocenters. The number of likely N-dealkylation sites (N-methyl/N-ethyl adjacent to an activating group) is 1. The number of rotatable bonds is 3. The first-order chi connectivity index (χ1) is 12.1. The minimum absolute atomic E-state index is 0.0708. The highest BCUT2D eigenvalue weighted by Crippen LogP contribution is 2.36. The van der Waals surface area contributed by atoms with E-state index >= 15 is 0 Å². The van der Waals surface area contributed by atoms with Crippen LogP contribution in [0.5, 0.6) is 0 Å². The van der Waals surface area contributed by atoms with Gasteiger partial charge < -0.3 is 19.1 Å². The zero-order chi connectivity index (χ0) is 19.1. The average molecular weight is 362 g/mol. The summed E-state index contributed by atoms with van der Waals surface area (Å²) in [7, 11) is -0.815. The molecule has 2 heterocycles. The molecule has 2 fully saturated rings. The van der Waals surface area contributed by atoms with Crippen LogP contribution in [0.3, 0.4) is 0 Å². The fourth-order valence-electron chi connectivity index (χ4n) is 3.28. The Morgan fingerprint density at radius 2 is 1.69 bits per heavy atom. The third-order valence-corrected chi connectivity index (χ3v) is 5.86. The topological polar surface area (TPSA) is 42.0 Å². The maximum atomic E-state index is 14.4. The Morgan fingerprint density at radius 3 is 2.23 bits per heavy atom. The smallest absolute Gasteiger partial charge is 0.399 e. The van der Waals surface area contributed by atoms with Gasteiger partial charge >= 0.3 is 7.12 Å². The van der Waals surface area contributed by atoms with Gasteiger partial charge in [0.25, 0.3) is 5.91 Å². The van der Waals surface area contributed by atoms with Gasteiger partial charge in [-0.25, -0.2) is 4.39 Å². The molecule has 2 saturated heterocycles. The van der Waals surface area contributed by atoms with E-state index in [-0.39, 0.29) is 11.4 Å². The third-order valence-electron chi connectivity index (χ3n) is 5.86. The summed E-state index contributed by atoms with van der Waals surface area (Å²) in [6.45, 7) is 13.9. The van der Waals surface area contributed by atoms with Gasteiger partial charge in [0.1, 0.15) is 5.82 Å². The normalized spacial score (nSPS) is 22.7. The molecule has 1 amide bonds. The highest BCUT2D eigenvalue weighted by Gasteiger charge is 2.52. The zero-order valence-electron chi connectivity index (χ0n) is 16.3. The second-order valence-electron chi connectivity index (χ2n) is 8.05. The van der Waals surface area contributed by atoms with Crippen molar-refractivity contribution >= 4 is 18.5 Å². The molecule has 0 spiro atoms. The molecule has 0 N–H and O–H groups in total. The van der Waals surface area contributed by atoms with Crippen LogP contribution in [0, 0.1) is 5.82 Å². The zero-order valence-corrected chi connectivity index (χ0v) is 16.3. The van der Waals surface area contributed by atoms with Crippen molar-refractivity contribution in [3.05, 3.63) is 29.6 Å². The fourth-order valence-corrected chi connectivity index (χ4v) is 3.28. The van der Waals surface area contributed by atoms with Crippen molar-refractivity contribution in [1.82, 2.24) is 9.80 Å². The molecule has 7 heteroatoms. The molecule has 3 rings (SSSR count). The first kappa shape index (κ1) is 19.3. The Bertz CT molecular complexity index is 671. The Morgan fingerprint density at radius 1 is 1.12 bits per heavy atom. The van der Waals surface area contributed by atoms with E-state index in [1.165, 1.54) is 6.07 Å². The van der Waals surface area contributed by atoms with Crippen molar-refractivity contribution in [3.63, 3.8) is 0 Å². The highest BCUT2D eigenvalue weighted by atomic mass is 19.1. The lowest BCUT2D eigenvalue weighted by Gasteiger charge is -2.34. The molecule has 0 aromatic heterocycles. The number of halogens is 1. The van der Waals surface area contributed by atoms with E-state index in [0.717, 1.165) is 19.6 Å². The Balaban J connectivity index is 1.79. The van der Waals surface area contributed by atoms with Crippen molar-refractivity contribution in [2.45, 2.75) is 45.8 Å². The highest BCUT2D eigenvalue weighted by molar-refractivity contribution is 6.62. The number of carbonyl (C=O) groups is 1. The lowest BCUT2D eigenvalue weighted by Crippen LogP contribution is -2.48. The molecule has 0 atom stereocenters. The SMILES string of the molecule is CCN1CCN(C(=O)c2ccc(F)c(B3OC(C)(C)C(C)(C)O3)c2)CC1. The molecule has 2 aliphatic rings. The molecular formula is C19H28BFN2O3. The summed E-state index contributed by atoms with van der Waals surface area (Å²) in [6, 6.07) is 4.44. The Labute approximate surface area is 155 Å². The van der Waals surface area contributed by atoms with Crippen molar-refractivity contribution < 1.29 is 18.5 Å². The van der Waals surface area contributed by atoms with E-state index in [1.54, 1.807) is 12.1 Å². The van der Waals surface area contributed by atoms with Crippen LogP contribution in [0.15, 0.2) is 18.2 Å². The van der Waals surface area contributed by atoms with Gasteiger partial charge in [-0.2, -0.15) is 0 Å². The van der Waals surface area contributed by atoms with Gasteiger partial charge in [-0.15, -0.1) is 0 Å². The molecule has 1 aromatic carbocycles. The van der Waals surface area contributed by atoms with Gasteiger partial charge in [-0.3, -0.25) is 4.79 Å². The largest absolute Gasteiger partial charge is 0.497 e. The van der Waals surface area contributed by atoms with Crippen LogP contribution < -0.4 is 5.46 Å². The molecule has 0 radical (unpaired) electrons. The Kier molecular flexibility index (Phi) is 5.16. The predicted molar refractivity (Wildman–Crippen MR) is 100 cm³/mol. The lowest BCUT2D eigenvalue weighted by atomic mass is 9.78. The van der Waals surface area contributed by atoms with E-state index in [0.29, 0.717) is 18.7 Å². The average Bonchev–Trinajstić information content (AvgIpc) is 2.82. The second kappa shape index (κ2) is 6.95. The first-order valence-corrected chi connectivity index (χ1v) is 9.31. The summed E-state index contributed by atoms with van der Waals surface area (Å²) < 4.78 is 26.3. The van der Waals surface area contributed by atoms with Gasteiger partial charge in [0.15, 0.2) is 0 Å². The van der Waals surface area contributed by atoms with E-state index in [4.69, 9.17) is 9.31 Å². The van der Waals surface area contributed by atoms with E-state index in [1.807, 2.05) is 32.6 Å². The molecule has 26 heavy (non-hydrogen) atoms. The molecule has 1 aromatic rings. The predicted octanol–water partition coefficient (Wildman–Crippen LogP) is 1.90. The van der Waals surface area contributed by atoms with Crippen LogP contribution in [-0.4, -0.2) is 66.8 Å². The summed E-state index contributed by atoms with van der Waals surface area (Å²) in [5.74, 6) is -0.491. The number of hydrogen-bond acceptors (Lipinski definition) is 4.